The van der Waals surface area contributed by atoms with Gasteiger partial charge in [0.05, 0.1) is 10.6 Å². The second kappa shape index (κ2) is 8.19. The standard InChI is InChI=1S/C23H19N5O3/c1-15-9-11-17(12-10-15)22-25-21(26-27(22)19-7-3-5-16(2)13-19)23(29)24-18-6-4-8-20(14-18)28(30)31/h3-14H,1-2H3,(H,24,29). The number of aryl methyl sites for hydroxylation is 2. The number of anilines is 1. The van der Waals surface area contributed by atoms with Crippen LogP contribution in [0.4, 0.5) is 11.4 Å². The first-order valence-electron chi connectivity index (χ1n) is 9.58. The smallest absolute Gasteiger partial charge is 0.295 e. The van der Waals surface area contributed by atoms with Crippen molar-refractivity contribution in [1.82, 2.24) is 14.8 Å². The summed E-state index contributed by atoms with van der Waals surface area (Å²) >= 11 is 0. The van der Waals surface area contributed by atoms with Crippen molar-refractivity contribution in [2.75, 3.05) is 5.32 Å². The Labute approximate surface area is 178 Å². The number of hydrogen-bond acceptors (Lipinski definition) is 5. The largest absolute Gasteiger partial charge is 0.319 e. The zero-order valence-corrected chi connectivity index (χ0v) is 16.9. The van der Waals surface area contributed by atoms with Crippen LogP contribution in [0.3, 0.4) is 0 Å². The number of benzene rings is 3. The number of aromatic nitrogens is 3. The normalized spacial score (nSPS) is 10.6. The molecule has 3 aromatic carbocycles. The number of rotatable bonds is 5. The number of hydrogen-bond donors (Lipinski definition) is 1. The molecule has 0 radical (unpaired) electrons. The van der Waals surface area contributed by atoms with Gasteiger partial charge in [-0.15, -0.1) is 5.10 Å². The molecule has 8 nitrogen and oxygen atoms in total. The summed E-state index contributed by atoms with van der Waals surface area (Å²) in [5.41, 5.74) is 3.92. The van der Waals surface area contributed by atoms with E-state index in [0.717, 1.165) is 22.4 Å². The van der Waals surface area contributed by atoms with Crippen LogP contribution in [0, 0.1) is 24.0 Å². The lowest BCUT2D eigenvalue weighted by molar-refractivity contribution is -0.384. The van der Waals surface area contributed by atoms with Gasteiger partial charge in [0.15, 0.2) is 5.82 Å². The Bertz CT molecular complexity index is 1280. The van der Waals surface area contributed by atoms with Crippen molar-refractivity contribution >= 4 is 17.3 Å². The fourth-order valence-corrected chi connectivity index (χ4v) is 3.12. The Hall–Kier alpha value is -4.33. The van der Waals surface area contributed by atoms with E-state index >= 15 is 0 Å². The predicted octanol–water partition coefficient (Wildman–Crippen LogP) is 4.71. The highest BCUT2D eigenvalue weighted by Crippen LogP contribution is 2.23. The summed E-state index contributed by atoms with van der Waals surface area (Å²) in [6, 6.07) is 21.2. The molecule has 0 atom stereocenters. The van der Waals surface area contributed by atoms with Crippen molar-refractivity contribution in [2.24, 2.45) is 0 Å². The third-order valence-corrected chi connectivity index (χ3v) is 4.68. The summed E-state index contributed by atoms with van der Waals surface area (Å²) in [6.07, 6.45) is 0. The van der Waals surface area contributed by atoms with Crippen LogP contribution < -0.4 is 5.32 Å². The number of amides is 1. The number of non-ortho nitro benzene ring substituents is 1. The second-order valence-electron chi connectivity index (χ2n) is 7.14. The van der Waals surface area contributed by atoms with Crippen LogP contribution in [0.2, 0.25) is 0 Å². The Morgan fingerprint density at radius 1 is 0.968 bits per heavy atom. The molecule has 4 aromatic rings. The third kappa shape index (κ3) is 4.32. The van der Waals surface area contributed by atoms with Crippen LogP contribution in [-0.2, 0) is 0 Å². The number of nitro benzene ring substituents is 1. The van der Waals surface area contributed by atoms with E-state index in [-0.39, 0.29) is 11.5 Å². The molecule has 0 aliphatic heterocycles. The van der Waals surface area contributed by atoms with Crippen LogP contribution in [0.15, 0.2) is 72.8 Å². The lowest BCUT2D eigenvalue weighted by Gasteiger charge is -2.07. The highest BCUT2D eigenvalue weighted by atomic mass is 16.6. The maximum Gasteiger partial charge on any atom is 0.295 e. The maximum atomic E-state index is 12.8. The lowest BCUT2D eigenvalue weighted by atomic mass is 10.1. The van der Waals surface area contributed by atoms with Gasteiger partial charge in [-0.05, 0) is 37.6 Å². The molecule has 0 saturated heterocycles. The average molecular weight is 413 g/mol. The predicted molar refractivity (Wildman–Crippen MR) is 117 cm³/mol. The molecular weight excluding hydrogens is 394 g/mol. The quantitative estimate of drug-likeness (QED) is 0.377. The van der Waals surface area contributed by atoms with Crippen LogP contribution in [0.5, 0.6) is 0 Å². The zero-order chi connectivity index (χ0) is 22.0. The summed E-state index contributed by atoms with van der Waals surface area (Å²) in [5.74, 6) is -0.0707. The molecular formula is C23H19N5O3. The molecule has 0 aliphatic carbocycles. The van der Waals surface area contributed by atoms with E-state index in [1.54, 1.807) is 10.7 Å². The molecule has 4 rings (SSSR count). The van der Waals surface area contributed by atoms with E-state index in [9.17, 15) is 14.9 Å². The molecule has 0 fully saturated rings. The zero-order valence-electron chi connectivity index (χ0n) is 16.9. The third-order valence-electron chi connectivity index (χ3n) is 4.68. The molecule has 0 unspecified atom stereocenters. The van der Waals surface area contributed by atoms with Crippen LogP contribution in [-0.4, -0.2) is 25.6 Å². The van der Waals surface area contributed by atoms with E-state index < -0.39 is 10.8 Å². The molecule has 8 heteroatoms. The molecule has 1 N–H and O–H groups in total. The highest BCUT2D eigenvalue weighted by Gasteiger charge is 2.19. The van der Waals surface area contributed by atoms with E-state index in [2.05, 4.69) is 15.4 Å². The maximum absolute atomic E-state index is 12.8. The molecule has 1 heterocycles. The van der Waals surface area contributed by atoms with E-state index in [4.69, 9.17) is 0 Å². The Morgan fingerprint density at radius 3 is 2.42 bits per heavy atom. The molecule has 0 spiro atoms. The first-order valence-corrected chi connectivity index (χ1v) is 9.58. The minimum absolute atomic E-state index is 0.0383. The minimum Gasteiger partial charge on any atom is -0.319 e. The Morgan fingerprint density at radius 2 is 1.71 bits per heavy atom. The lowest BCUT2D eigenvalue weighted by Crippen LogP contribution is -2.14. The molecule has 0 aliphatic rings. The minimum atomic E-state index is -0.555. The second-order valence-corrected chi connectivity index (χ2v) is 7.14. The average Bonchev–Trinajstić information content (AvgIpc) is 3.20. The molecule has 31 heavy (non-hydrogen) atoms. The van der Waals surface area contributed by atoms with Crippen LogP contribution in [0.25, 0.3) is 17.1 Å². The van der Waals surface area contributed by atoms with Gasteiger partial charge in [-0.25, -0.2) is 9.67 Å². The monoisotopic (exact) mass is 413 g/mol. The van der Waals surface area contributed by atoms with Crippen molar-refractivity contribution in [3.63, 3.8) is 0 Å². The topological polar surface area (TPSA) is 103 Å². The van der Waals surface area contributed by atoms with Crippen LogP contribution >= 0.6 is 0 Å². The molecule has 0 saturated carbocycles. The number of nitrogens with one attached hydrogen (secondary N) is 1. The summed E-state index contributed by atoms with van der Waals surface area (Å²) in [4.78, 5) is 27.8. The summed E-state index contributed by atoms with van der Waals surface area (Å²) < 4.78 is 1.63. The van der Waals surface area contributed by atoms with Gasteiger partial charge in [-0.2, -0.15) is 0 Å². The number of nitro groups is 1. The summed E-state index contributed by atoms with van der Waals surface area (Å²) in [5, 5.41) is 18.1. The Balaban J connectivity index is 1.74. The van der Waals surface area contributed by atoms with Crippen molar-refractivity contribution in [1.29, 1.82) is 0 Å². The first kappa shape index (κ1) is 20.0. The molecule has 1 amide bonds. The van der Waals surface area contributed by atoms with Gasteiger partial charge in [0.2, 0.25) is 5.82 Å². The van der Waals surface area contributed by atoms with Crippen molar-refractivity contribution in [3.8, 4) is 17.1 Å². The number of nitrogens with zero attached hydrogens (tertiary/aromatic N) is 4. The van der Waals surface area contributed by atoms with Gasteiger partial charge in [0.25, 0.3) is 11.6 Å². The van der Waals surface area contributed by atoms with Gasteiger partial charge in [0.1, 0.15) is 0 Å². The molecule has 0 bridgehead atoms. The fraction of sp³-hybridized carbons (Fsp3) is 0.0870. The molecule has 1 aromatic heterocycles. The number of carbonyl (C=O) groups excluding carboxylic acids is 1. The SMILES string of the molecule is Cc1ccc(-c2nc(C(=O)Nc3cccc([N+](=O)[O-])c3)nn2-c2cccc(C)c2)cc1. The van der Waals surface area contributed by atoms with Gasteiger partial charge >= 0.3 is 0 Å². The van der Waals surface area contributed by atoms with Crippen molar-refractivity contribution < 1.29 is 9.72 Å². The van der Waals surface area contributed by atoms with E-state index in [1.807, 2.05) is 62.4 Å². The first-order chi connectivity index (χ1) is 14.9. The summed E-state index contributed by atoms with van der Waals surface area (Å²) in [6.45, 7) is 3.97. The van der Waals surface area contributed by atoms with Gasteiger partial charge < -0.3 is 5.32 Å². The van der Waals surface area contributed by atoms with Crippen molar-refractivity contribution in [3.05, 3.63) is 99.9 Å². The van der Waals surface area contributed by atoms with Crippen LogP contribution in [0.1, 0.15) is 21.7 Å². The van der Waals surface area contributed by atoms with Gasteiger partial charge in [0, 0.05) is 23.4 Å². The van der Waals surface area contributed by atoms with E-state index in [0.29, 0.717) is 11.5 Å². The summed E-state index contributed by atoms with van der Waals surface area (Å²) in [7, 11) is 0. The fourth-order valence-electron chi connectivity index (χ4n) is 3.12. The molecule has 154 valence electrons. The highest BCUT2D eigenvalue weighted by molar-refractivity contribution is 6.02. The van der Waals surface area contributed by atoms with Crippen molar-refractivity contribution in [2.45, 2.75) is 13.8 Å². The van der Waals surface area contributed by atoms with Gasteiger partial charge in [-0.3, -0.25) is 14.9 Å². The Kier molecular flexibility index (Phi) is 5.28. The number of carbonyl (C=O) groups is 1. The van der Waals surface area contributed by atoms with Gasteiger partial charge in [-0.1, -0.05) is 48.0 Å². The van der Waals surface area contributed by atoms with E-state index in [1.165, 1.54) is 18.2 Å².